The number of hydrogen-bond acceptors (Lipinski definition) is 3. The summed E-state index contributed by atoms with van der Waals surface area (Å²) < 4.78 is 1.98. The van der Waals surface area contributed by atoms with Crippen LogP contribution in [0.5, 0.6) is 11.5 Å². The van der Waals surface area contributed by atoms with Crippen molar-refractivity contribution in [3.05, 3.63) is 55.2 Å². The summed E-state index contributed by atoms with van der Waals surface area (Å²) in [7, 11) is 0. The Morgan fingerprint density at radius 3 is 2.05 bits per heavy atom. The second kappa shape index (κ2) is 7.68. The van der Waals surface area contributed by atoms with Crippen LogP contribution in [-0.2, 0) is 0 Å². The zero-order chi connectivity index (χ0) is 14.4. The molecule has 3 nitrogen and oxygen atoms in total. The van der Waals surface area contributed by atoms with Gasteiger partial charge >= 0.3 is 0 Å². The molecule has 0 aliphatic heterocycles. The maximum atomic E-state index is 10.8. The predicted octanol–water partition coefficient (Wildman–Crippen LogP) is 4.20. The Bertz CT molecular complexity index is 565. The van der Waals surface area contributed by atoms with Gasteiger partial charge in [-0.3, -0.25) is 4.79 Å². The summed E-state index contributed by atoms with van der Waals surface area (Å²) in [4.78, 5) is 10.8. The van der Waals surface area contributed by atoms with Gasteiger partial charge < -0.3 is 10.2 Å². The van der Waals surface area contributed by atoms with Gasteiger partial charge in [0, 0.05) is 7.14 Å². The van der Waals surface area contributed by atoms with Gasteiger partial charge in [-0.2, -0.15) is 0 Å². The molecule has 0 aliphatic rings. The van der Waals surface area contributed by atoms with Crippen molar-refractivity contribution in [2.75, 3.05) is 0 Å². The van der Waals surface area contributed by atoms with E-state index in [1.807, 2.05) is 12.1 Å². The molecule has 0 saturated heterocycles. The van der Waals surface area contributed by atoms with Crippen molar-refractivity contribution in [3.8, 4) is 11.5 Å². The van der Waals surface area contributed by atoms with E-state index in [0.29, 0.717) is 11.3 Å². The van der Waals surface area contributed by atoms with Gasteiger partial charge in [-0.05, 0) is 88.5 Å². The number of ketones is 1. The molecule has 0 fully saturated rings. The summed E-state index contributed by atoms with van der Waals surface area (Å²) >= 11 is 4.22. The monoisotopic (exact) mass is 482 g/mol. The fourth-order valence-corrected chi connectivity index (χ4v) is 2.28. The fraction of sp³-hybridized carbons (Fsp3) is 0.0714. The Hall–Kier alpha value is -0.830. The van der Waals surface area contributed by atoms with Gasteiger partial charge in [-0.15, -0.1) is 0 Å². The van der Waals surface area contributed by atoms with E-state index in [1.165, 1.54) is 6.92 Å². The molecule has 2 rings (SSSR count). The third-order valence-electron chi connectivity index (χ3n) is 2.15. The Labute approximate surface area is 138 Å². The number of Topliss-reactive ketones (excluding diaryl/α,β-unsaturated/α-hetero) is 1. The van der Waals surface area contributed by atoms with Crippen molar-refractivity contribution >= 4 is 51.0 Å². The highest BCUT2D eigenvalue weighted by Crippen LogP contribution is 2.19. The Morgan fingerprint density at radius 2 is 1.63 bits per heavy atom. The van der Waals surface area contributed by atoms with Crippen molar-refractivity contribution < 1.29 is 15.0 Å². The van der Waals surface area contributed by atoms with Crippen LogP contribution in [0.1, 0.15) is 17.3 Å². The largest absolute Gasteiger partial charge is 0.508 e. The van der Waals surface area contributed by atoms with Crippen molar-refractivity contribution in [3.63, 3.8) is 0 Å². The van der Waals surface area contributed by atoms with Crippen LogP contribution in [0, 0.1) is 7.14 Å². The summed E-state index contributed by atoms with van der Waals surface area (Å²) in [5, 5.41) is 18.0. The molecule has 0 aromatic heterocycles. The van der Waals surface area contributed by atoms with Gasteiger partial charge in [-0.1, -0.05) is 6.07 Å². The summed E-state index contributed by atoms with van der Waals surface area (Å²) in [6.45, 7) is 1.43. The summed E-state index contributed by atoms with van der Waals surface area (Å²) in [6, 6.07) is 12.1. The molecule has 2 N–H and O–H groups in total. The molecule has 0 spiro atoms. The molecule has 0 atom stereocenters. The number of rotatable bonds is 1. The lowest BCUT2D eigenvalue weighted by atomic mass is 10.1. The minimum absolute atomic E-state index is 0.0596. The van der Waals surface area contributed by atoms with Gasteiger partial charge in [0.25, 0.3) is 0 Å². The smallest absolute Gasteiger partial charge is 0.163 e. The average Bonchev–Trinajstić information content (AvgIpc) is 2.28. The minimum atomic E-state index is -0.112. The number of hydrogen-bond donors (Lipinski definition) is 2. The number of aromatic hydroxyl groups is 2. The standard InChI is InChI=1S/C8H7IO2.C6H5IO/c1-5(10)7-3-2-6(9)4-8(7)11;7-5-2-1-3-6(8)4-5/h2-4,11H,1H3;1-4,8H. The number of phenolic OH excluding ortho intramolecular Hbond substituents is 2. The van der Waals surface area contributed by atoms with Crippen molar-refractivity contribution in [2.24, 2.45) is 0 Å². The van der Waals surface area contributed by atoms with Crippen LogP contribution in [0.3, 0.4) is 0 Å². The van der Waals surface area contributed by atoms with E-state index < -0.39 is 0 Å². The van der Waals surface area contributed by atoms with Crippen molar-refractivity contribution in [2.45, 2.75) is 6.92 Å². The molecule has 0 saturated carbocycles. The maximum absolute atomic E-state index is 10.8. The van der Waals surface area contributed by atoms with Crippen LogP contribution in [0.2, 0.25) is 0 Å². The first-order valence-electron chi connectivity index (χ1n) is 5.34. The van der Waals surface area contributed by atoms with E-state index in [9.17, 15) is 9.90 Å². The average molecular weight is 482 g/mol. The molecule has 0 amide bonds. The van der Waals surface area contributed by atoms with Crippen LogP contribution in [0.4, 0.5) is 0 Å². The molecule has 100 valence electrons. The van der Waals surface area contributed by atoms with E-state index in [4.69, 9.17) is 5.11 Å². The molecule has 2 aromatic rings. The number of carbonyl (C=O) groups is 1. The maximum Gasteiger partial charge on any atom is 0.163 e. The highest BCUT2D eigenvalue weighted by molar-refractivity contribution is 14.1. The van der Waals surface area contributed by atoms with Crippen LogP contribution in [0.25, 0.3) is 0 Å². The van der Waals surface area contributed by atoms with Crippen LogP contribution < -0.4 is 0 Å². The Kier molecular flexibility index (Phi) is 6.56. The van der Waals surface area contributed by atoms with E-state index in [0.717, 1.165) is 7.14 Å². The van der Waals surface area contributed by atoms with Crippen LogP contribution >= 0.6 is 45.2 Å². The zero-order valence-electron chi connectivity index (χ0n) is 10.1. The van der Waals surface area contributed by atoms with Gasteiger partial charge in [0.1, 0.15) is 11.5 Å². The molecule has 0 aliphatic carbocycles. The van der Waals surface area contributed by atoms with E-state index >= 15 is 0 Å². The van der Waals surface area contributed by atoms with Crippen LogP contribution in [0.15, 0.2) is 42.5 Å². The molecule has 2 aromatic carbocycles. The SMILES string of the molecule is CC(=O)c1ccc(I)cc1O.Oc1cccc(I)c1. The number of phenols is 2. The normalized spacial score (nSPS) is 9.42. The first kappa shape index (κ1) is 16.2. The zero-order valence-corrected chi connectivity index (χ0v) is 14.4. The predicted molar refractivity (Wildman–Crippen MR) is 91.7 cm³/mol. The number of carbonyl (C=O) groups excluding carboxylic acids is 1. The van der Waals surface area contributed by atoms with E-state index in [-0.39, 0.29) is 11.5 Å². The topological polar surface area (TPSA) is 57.5 Å². The molecule has 0 radical (unpaired) electrons. The van der Waals surface area contributed by atoms with Gasteiger partial charge in [-0.25, -0.2) is 0 Å². The first-order valence-corrected chi connectivity index (χ1v) is 7.50. The lowest BCUT2D eigenvalue weighted by Gasteiger charge is -1.99. The molecule has 5 heteroatoms. The molecular weight excluding hydrogens is 470 g/mol. The summed E-state index contributed by atoms with van der Waals surface area (Å²) in [6.07, 6.45) is 0. The molecule has 19 heavy (non-hydrogen) atoms. The number of benzene rings is 2. The highest BCUT2D eigenvalue weighted by atomic mass is 127. The first-order chi connectivity index (χ1) is 8.90. The molecule has 0 heterocycles. The third kappa shape index (κ3) is 5.77. The molecule has 0 unspecified atom stereocenters. The lowest BCUT2D eigenvalue weighted by Crippen LogP contribution is -1.92. The van der Waals surface area contributed by atoms with Crippen molar-refractivity contribution in [1.82, 2.24) is 0 Å². The Balaban J connectivity index is 0.000000200. The molecule has 0 bridgehead atoms. The van der Waals surface area contributed by atoms with Gasteiger partial charge in [0.05, 0.1) is 5.56 Å². The summed E-state index contributed by atoms with van der Waals surface area (Å²) in [5.74, 6) is 0.278. The van der Waals surface area contributed by atoms with Crippen LogP contribution in [-0.4, -0.2) is 16.0 Å². The lowest BCUT2D eigenvalue weighted by molar-refractivity contribution is 0.101. The number of halogens is 2. The highest BCUT2D eigenvalue weighted by Gasteiger charge is 2.04. The second-order valence-electron chi connectivity index (χ2n) is 3.70. The molecular formula is C14H12I2O3. The summed E-state index contributed by atoms with van der Waals surface area (Å²) in [5.41, 5.74) is 0.380. The van der Waals surface area contributed by atoms with E-state index in [1.54, 1.807) is 30.3 Å². The fourth-order valence-electron chi connectivity index (χ4n) is 1.28. The van der Waals surface area contributed by atoms with Gasteiger partial charge in [0.15, 0.2) is 5.78 Å². The minimum Gasteiger partial charge on any atom is -0.508 e. The second-order valence-corrected chi connectivity index (χ2v) is 6.19. The van der Waals surface area contributed by atoms with E-state index in [2.05, 4.69) is 45.2 Å². The third-order valence-corrected chi connectivity index (χ3v) is 3.49. The van der Waals surface area contributed by atoms with Gasteiger partial charge in [0.2, 0.25) is 0 Å². The van der Waals surface area contributed by atoms with Crippen molar-refractivity contribution in [1.29, 1.82) is 0 Å². The quantitative estimate of drug-likeness (QED) is 0.474. The Morgan fingerprint density at radius 1 is 1.00 bits per heavy atom.